The van der Waals surface area contributed by atoms with E-state index < -0.39 is 17.3 Å². The van der Waals surface area contributed by atoms with Gasteiger partial charge in [0.25, 0.3) is 0 Å². The van der Waals surface area contributed by atoms with Crippen molar-refractivity contribution in [2.24, 2.45) is 5.41 Å². The van der Waals surface area contributed by atoms with Gasteiger partial charge in [0.1, 0.15) is 23.3 Å². The Hall–Kier alpha value is -2.89. The molecule has 1 spiro atoms. The van der Waals surface area contributed by atoms with Gasteiger partial charge in [-0.15, -0.1) is 0 Å². The Morgan fingerprint density at radius 1 is 1.06 bits per heavy atom. The minimum absolute atomic E-state index is 0.0476. The second kappa shape index (κ2) is 7.11. The monoisotopic (exact) mass is 503 g/mol. The van der Waals surface area contributed by atoms with Gasteiger partial charge in [-0.05, 0) is 50.2 Å². The van der Waals surface area contributed by atoms with Gasteiger partial charge in [0.2, 0.25) is 0 Å². The van der Waals surface area contributed by atoms with Gasteiger partial charge in [-0.1, -0.05) is 6.07 Å². The summed E-state index contributed by atoms with van der Waals surface area (Å²) in [5.41, 5.74) is -1.54. The highest BCUT2D eigenvalue weighted by atomic mass is 19.4. The Bertz CT molecular complexity index is 1190. The summed E-state index contributed by atoms with van der Waals surface area (Å²) < 4.78 is 41.3. The number of carbonyl (C=O) groups excluding carboxylic acids is 1. The minimum Gasteiger partial charge on any atom is -0.382 e. The van der Waals surface area contributed by atoms with Crippen molar-refractivity contribution < 1.29 is 23.1 Å². The summed E-state index contributed by atoms with van der Waals surface area (Å²) in [6.07, 6.45) is 2.56. The molecule has 5 fully saturated rings. The van der Waals surface area contributed by atoms with E-state index in [1.807, 2.05) is 14.5 Å². The van der Waals surface area contributed by atoms with Gasteiger partial charge in [-0.3, -0.25) is 0 Å². The van der Waals surface area contributed by atoms with Crippen LogP contribution in [0.2, 0.25) is 0 Å². The van der Waals surface area contributed by atoms with Crippen LogP contribution >= 0.6 is 0 Å². The predicted molar refractivity (Wildman–Crippen MR) is 121 cm³/mol. The molecule has 7 rings (SSSR count). The molecule has 2 N–H and O–H groups in total. The van der Waals surface area contributed by atoms with Crippen LogP contribution in [0.3, 0.4) is 0 Å². The van der Waals surface area contributed by atoms with E-state index in [0.29, 0.717) is 18.9 Å². The number of amides is 2. The zero-order valence-corrected chi connectivity index (χ0v) is 19.7. The van der Waals surface area contributed by atoms with Crippen molar-refractivity contribution in [2.45, 2.75) is 67.8 Å². The molecule has 2 aliphatic heterocycles. The number of anilines is 1. The van der Waals surface area contributed by atoms with E-state index in [9.17, 15) is 23.1 Å². The third-order valence-electron chi connectivity index (χ3n) is 8.75. The Morgan fingerprint density at radius 2 is 1.78 bits per heavy atom. The molecule has 12 heteroatoms. The molecular formula is C24H28F3N7O2. The molecule has 9 nitrogen and oxygen atoms in total. The maximum Gasteiger partial charge on any atom is 0.411 e. The van der Waals surface area contributed by atoms with Gasteiger partial charge in [0, 0.05) is 43.7 Å². The van der Waals surface area contributed by atoms with Crippen LogP contribution in [-0.4, -0.2) is 78.6 Å². The molecule has 3 aliphatic carbocycles. The number of halogens is 3. The third-order valence-corrected chi connectivity index (χ3v) is 8.75. The first-order chi connectivity index (χ1) is 17.1. The maximum absolute atomic E-state index is 13.1. The molecule has 2 amide bonds. The lowest BCUT2D eigenvalue weighted by Gasteiger charge is -2.60. The summed E-state index contributed by atoms with van der Waals surface area (Å²) in [7, 11) is 0. The molecule has 2 saturated heterocycles. The largest absolute Gasteiger partial charge is 0.411 e. The van der Waals surface area contributed by atoms with Crippen LogP contribution < -0.4 is 5.32 Å². The molecule has 2 aromatic rings. The lowest BCUT2D eigenvalue weighted by atomic mass is 9.61. The van der Waals surface area contributed by atoms with Gasteiger partial charge in [0.05, 0.1) is 6.04 Å². The lowest BCUT2D eigenvalue weighted by molar-refractivity contribution is -0.151. The van der Waals surface area contributed by atoms with E-state index in [1.54, 1.807) is 24.7 Å². The predicted octanol–water partition coefficient (Wildman–Crippen LogP) is 3.02. The number of pyridine rings is 1. The van der Waals surface area contributed by atoms with Gasteiger partial charge in [-0.2, -0.15) is 18.3 Å². The average Bonchev–Trinajstić information content (AvgIpc) is 3.64. The van der Waals surface area contributed by atoms with Crippen LogP contribution in [0.25, 0.3) is 0 Å². The number of likely N-dealkylation sites (tertiary alicyclic amines) is 2. The molecule has 192 valence electrons. The van der Waals surface area contributed by atoms with Crippen LogP contribution in [0, 0.1) is 5.41 Å². The molecule has 5 aliphatic rings. The smallest absolute Gasteiger partial charge is 0.382 e. The van der Waals surface area contributed by atoms with Crippen LogP contribution in [0.15, 0.2) is 24.7 Å². The van der Waals surface area contributed by atoms with E-state index >= 15 is 0 Å². The quantitative estimate of drug-likeness (QED) is 0.651. The zero-order chi connectivity index (χ0) is 24.9. The van der Waals surface area contributed by atoms with Crippen LogP contribution in [0.1, 0.15) is 61.9 Å². The standard InChI is InChI=1S/C24H28F3N7O2/c25-24(26,27)23(5-6-23)30-18-2-1-15(9-28-18)16-10-32(11-16)20(35)33-12-21(13-33)7-17(8-21)34-14-29-19(31-34)22(36)3-4-22/h1-2,9,14,16-17,36H,3-8,10-13H2,(H,28,30). The van der Waals surface area contributed by atoms with Crippen molar-refractivity contribution in [3.05, 3.63) is 36.0 Å². The van der Waals surface area contributed by atoms with E-state index in [0.717, 1.165) is 44.3 Å². The topological polar surface area (TPSA) is 99.4 Å². The van der Waals surface area contributed by atoms with E-state index in [-0.39, 0.29) is 42.1 Å². The van der Waals surface area contributed by atoms with Gasteiger partial charge in [-0.25, -0.2) is 19.4 Å². The highest BCUT2D eigenvalue weighted by Gasteiger charge is 2.63. The SMILES string of the molecule is O=C(N1CC(c2ccc(NC3(C(F)(F)F)CC3)nc2)C1)N1CC2(CC(n3cnc(C4(O)CC4)n3)C2)C1. The third kappa shape index (κ3) is 3.47. The second-order valence-corrected chi connectivity index (χ2v) is 11.6. The van der Waals surface area contributed by atoms with Crippen LogP contribution in [0.5, 0.6) is 0 Å². The minimum atomic E-state index is -4.28. The molecule has 2 aromatic heterocycles. The van der Waals surface area contributed by atoms with Crippen molar-refractivity contribution in [3.8, 4) is 0 Å². The first-order valence-electron chi connectivity index (χ1n) is 12.6. The number of rotatable bonds is 5. The highest BCUT2D eigenvalue weighted by Crippen LogP contribution is 2.55. The van der Waals surface area contributed by atoms with Gasteiger partial charge >= 0.3 is 12.2 Å². The molecule has 4 heterocycles. The number of carbonyl (C=O) groups is 1. The number of urea groups is 1. The van der Waals surface area contributed by atoms with Crippen LogP contribution in [-0.2, 0) is 5.60 Å². The molecule has 0 unspecified atom stereocenters. The van der Waals surface area contributed by atoms with Crippen molar-refractivity contribution in [3.63, 3.8) is 0 Å². The maximum atomic E-state index is 13.1. The van der Waals surface area contributed by atoms with E-state index in [2.05, 4.69) is 20.4 Å². The van der Waals surface area contributed by atoms with Crippen molar-refractivity contribution in [1.29, 1.82) is 0 Å². The van der Waals surface area contributed by atoms with E-state index in [4.69, 9.17) is 0 Å². The normalized spacial score (nSPS) is 25.7. The number of hydrogen-bond acceptors (Lipinski definition) is 6. The molecule has 0 aromatic carbocycles. The summed E-state index contributed by atoms with van der Waals surface area (Å²) >= 11 is 0. The summed E-state index contributed by atoms with van der Waals surface area (Å²) in [5.74, 6) is 0.908. The van der Waals surface area contributed by atoms with Crippen molar-refractivity contribution in [2.75, 3.05) is 31.5 Å². The Kier molecular flexibility index (Phi) is 4.41. The number of aliphatic hydroxyl groups is 1. The van der Waals surface area contributed by atoms with Gasteiger partial charge in [0.15, 0.2) is 5.82 Å². The summed E-state index contributed by atoms with van der Waals surface area (Å²) in [5, 5.41) is 17.2. The first kappa shape index (κ1) is 22.3. The van der Waals surface area contributed by atoms with E-state index in [1.165, 1.54) is 0 Å². The molecule has 3 saturated carbocycles. The molecule has 36 heavy (non-hydrogen) atoms. The summed E-state index contributed by atoms with van der Waals surface area (Å²) in [4.78, 5) is 25.0. The Morgan fingerprint density at radius 3 is 2.36 bits per heavy atom. The number of aromatic nitrogens is 4. The number of nitrogens with one attached hydrogen (secondary N) is 1. The average molecular weight is 504 g/mol. The summed E-state index contributed by atoms with van der Waals surface area (Å²) in [6, 6.07) is 3.72. The van der Waals surface area contributed by atoms with Gasteiger partial charge < -0.3 is 20.2 Å². The zero-order valence-electron chi connectivity index (χ0n) is 19.7. The Balaban J connectivity index is 0.871. The highest BCUT2D eigenvalue weighted by molar-refractivity contribution is 5.77. The molecule has 0 atom stereocenters. The second-order valence-electron chi connectivity index (χ2n) is 11.6. The molecule has 0 bridgehead atoms. The number of nitrogens with zero attached hydrogens (tertiary/aromatic N) is 6. The lowest BCUT2D eigenvalue weighted by Crippen LogP contribution is -2.67. The Labute approximate surface area is 205 Å². The fraction of sp³-hybridized carbons (Fsp3) is 0.667. The molecule has 0 radical (unpaired) electrons. The fourth-order valence-electron chi connectivity index (χ4n) is 5.91. The van der Waals surface area contributed by atoms with Crippen molar-refractivity contribution in [1.82, 2.24) is 29.5 Å². The summed E-state index contributed by atoms with van der Waals surface area (Å²) in [6.45, 7) is 2.68. The van der Waals surface area contributed by atoms with Crippen LogP contribution in [0.4, 0.5) is 23.8 Å². The van der Waals surface area contributed by atoms with Crippen molar-refractivity contribution >= 4 is 11.8 Å². The fourth-order valence-corrected chi connectivity index (χ4v) is 5.91. The molecular weight excluding hydrogens is 475 g/mol. The number of hydrogen-bond donors (Lipinski definition) is 2. The first-order valence-corrected chi connectivity index (χ1v) is 12.6. The number of alkyl halides is 3.